The number of hydrogen-bond acceptors (Lipinski definition) is 3. The van der Waals surface area contributed by atoms with Gasteiger partial charge in [0.05, 0.1) is 12.7 Å². The van der Waals surface area contributed by atoms with Crippen LogP contribution in [0.25, 0.3) is 0 Å². The summed E-state index contributed by atoms with van der Waals surface area (Å²) in [5, 5.41) is 11.8. The average molecular weight is 403 g/mol. The van der Waals surface area contributed by atoms with Gasteiger partial charge in [0.1, 0.15) is 0 Å². The summed E-state index contributed by atoms with van der Waals surface area (Å²) in [7, 11) is 1.76. The van der Waals surface area contributed by atoms with E-state index in [0.29, 0.717) is 29.3 Å². The molecule has 1 N–H and O–H groups in total. The third-order valence-electron chi connectivity index (χ3n) is 11.2. The molecule has 3 nitrogen and oxygen atoms in total. The molecule has 4 aliphatic carbocycles. The minimum Gasteiger partial charge on any atom is -0.393 e. The smallest absolute Gasteiger partial charge is 0.164 e. The summed E-state index contributed by atoms with van der Waals surface area (Å²) in [6.07, 6.45) is 10.7. The largest absolute Gasteiger partial charge is 0.393 e. The number of methoxy groups -OCH3 is 1. The summed E-state index contributed by atoms with van der Waals surface area (Å²) in [6, 6.07) is 0. The highest BCUT2D eigenvalue weighted by Crippen LogP contribution is 2.73. The summed E-state index contributed by atoms with van der Waals surface area (Å²) < 4.78 is 11.8. The Morgan fingerprint density at radius 3 is 2.45 bits per heavy atom. The molecule has 1 aliphatic heterocycles. The molecule has 0 aromatic heterocycles. The fourth-order valence-electron chi connectivity index (χ4n) is 9.90. The number of rotatable bonds is 1. The van der Waals surface area contributed by atoms with Crippen LogP contribution in [0, 0.1) is 45.3 Å². The van der Waals surface area contributed by atoms with E-state index in [9.17, 15) is 5.11 Å². The van der Waals surface area contributed by atoms with Crippen LogP contribution in [0.3, 0.4) is 0 Å². The van der Waals surface area contributed by atoms with Crippen LogP contribution < -0.4 is 0 Å². The zero-order valence-corrected chi connectivity index (χ0v) is 19.5. The fraction of sp³-hybridized carbons (Fsp3) is 0.923. The predicted octanol–water partition coefficient (Wildman–Crippen LogP) is 5.57. The van der Waals surface area contributed by atoms with E-state index in [2.05, 4.69) is 40.7 Å². The normalized spacial score (nSPS) is 55.9. The SMILES string of the molecule is CO[C@@H]1OCC2=CC[C@H]3[C@]4(C)CC[C@H]5C(C)(C)CCC[C@]5(C)[C@H]4C[C@@H](O)[C@]3(C)[C@H]21. The Hall–Kier alpha value is -0.380. The lowest BCUT2D eigenvalue weighted by molar-refractivity contribution is -0.249. The van der Waals surface area contributed by atoms with Gasteiger partial charge < -0.3 is 14.6 Å². The molecule has 5 rings (SSSR count). The lowest BCUT2D eigenvalue weighted by atomic mass is 9.34. The van der Waals surface area contributed by atoms with E-state index >= 15 is 0 Å². The first kappa shape index (κ1) is 20.5. The van der Waals surface area contributed by atoms with Crippen LogP contribution in [0.15, 0.2) is 11.6 Å². The van der Waals surface area contributed by atoms with Gasteiger partial charge in [-0.1, -0.05) is 47.1 Å². The molecule has 164 valence electrons. The number of aliphatic hydroxyl groups is 1. The van der Waals surface area contributed by atoms with Crippen molar-refractivity contribution in [2.45, 2.75) is 92.0 Å². The maximum Gasteiger partial charge on any atom is 0.164 e. The Morgan fingerprint density at radius 2 is 1.72 bits per heavy atom. The van der Waals surface area contributed by atoms with Crippen LogP contribution in [0.5, 0.6) is 0 Å². The van der Waals surface area contributed by atoms with Crippen molar-refractivity contribution in [1.29, 1.82) is 0 Å². The number of aliphatic hydroxyl groups excluding tert-OH is 1. The number of ether oxygens (including phenoxy) is 2. The molecule has 5 aliphatic rings. The number of allylic oxidation sites excluding steroid dienone is 1. The van der Waals surface area contributed by atoms with Crippen molar-refractivity contribution in [1.82, 2.24) is 0 Å². The van der Waals surface area contributed by atoms with E-state index in [1.165, 1.54) is 37.7 Å². The van der Waals surface area contributed by atoms with Crippen molar-refractivity contribution in [2.75, 3.05) is 13.7 Å². The highest BCUT2D eigenvalue weighted by Gasteiger charge is 2.69. The molecule has 1 heterocycles. The van der Waals surface area contributed by atoms with Crippen molar-refractivity contribution in [3.8, 4) is 0 Å². The Labute approximate surface area is 177 Å². The van der Waals surface area contributed by atoms with Gasteiger partial charge in [0.2, 0.25) is 0 Å². The van der Waals surface area contributed by atoms with Gasteiger partial charge in [0.25, 0.3) is 0 Å². The fourth-order valence-corrected chi connectivity index (χ4v) is 9.90. The van der Waals surface area contributed by atoms with Gasteiger partial charge in [-0.2, -0.15) is 0 Å². The van der Waals surface area contributed by atoms with Crippen LogP contribution in [-0.2, 0) is 9.47 Å². The molecule has 0 amide bonds. The maximum atomic E-state index is 11.8. The van der Waals surface area contributed by atoms with E-state index in [0.717, 1.165) is 18.8 Å². The van der Waals surface area contributed by atoms with Gasteiger partial charge in [0.15, 0.2) is 6.29 Å². The number of hydrogen-bond donors (Lipinski definition) is 1. The van der Waals surface area contributed by atoms with Crippen molar-refractivity contribution in [3.63, 3.8) is 0 Å². The summed E-state index contributed by atoms with van der Waals surface area (Å²) >= 11 is 0. The van der Waals surface area contributed by atoms with Gasteiger partial charge in [-0.15, -0.1) is 0 Å². The van der Waals surface area contributed by atoms with Gasteiger partial charge in [-0.3, -0.25) is 0 Å². The van der Waals surface area contributed by atoms with Gasteiger partial charge in [0, 0.05) is 18.4 Å². The highest BCUT2D eigenvalue weighted by molar-refractivity contribution is 5.27. The second-order valence-electron chi connectivity index (χ2n) is 12.6. The molecule has 0 unspecified atom stereocenters. The van der Waals surface area contributed by atoms with E-state index in [4.69, 9.17) is 9.47 Å². The van der Waals surface area contributed by atoms with E-state index in [1.54, 1.807) is 7.11 Å². The zero-order valence-electron chi connectivity index (χ0n) is 19.5. The van der Waals surface area contributed by atoms with Crippen LogP contribution >= 0.6 is 0 Å². The molecule has 0 bridgehead atoms. The molecule has 0 spiro atoms. The summed E-state index contributed by atoms with van der Waals surface area (Å²) in [5.41, 5.74) is 2.29. The molecule has 0 aromatic rings. The molecule has 29 heavy (non-hydrogen) atoms. The minimum atomic E-state index is -0.278. The van der Waals surface area contributed by atoms with E-state index in [-0.39, 0.29) is 29.1 Å². The summed E-state index contributed by atoms with van der Waals surface area (Å²) in [4.78, 5) is 0. The first-order valence-corrected chi connectivity index (χ1v) is 12.1. The van der Waals surface area contributed by atoms with Crippen molar-refractivity contribution in [3.05, 3.63) is 11.6 Å². The van der Waals surface area contributed by atoms with Crippen LogP contribution in [-0.4, -0.2) is 31.2 Å². The molecule has 0 radical (unpaired) electrons. The standard InChI is InChI=1S/C26H42O3/c1-23(2)11-7-12-24(3)17(23)10-13-25(4)18-9-8-16-15-29-22(28-6)21(16)26(18,5)20(27)14-19(24)25/h8,17-22,27H,7,9-15H2,1-6H3/t17-,18-,19+,20+,21+,22+,24-,25-,26+/m0/s1. The third-order valence-corrected chi connectivity index (χ3v) is 11.2. The van der Waals surface area contributed by atoms with Crippen LogP contribution in [0.1, 0.15) is 79.6 Å². The van der Waals surface area contributed by atoms with E-state index in [1.807, 2.05) is 0 Å². The first-order chi connectivity index (χ1) is 13.6. The Kier molecular flexibility index (Phi) is 4.48. The second kappa shape index (κ2) is 6.33. The predicted molar refractivity (Wildman–Crippen MR) is 115 cm³/mol. The van der Waals surface area contributed by atoms with Crippen molar-refractivity contribution >= 4 is 0 Å². The zero-order chi connectivity index (χ0) is 20.8. The first-order valence-electron chi connectivity index (χ1n) is 12.1. The number of fused-ring (bicyclic) bond motifs is 7. The Balaban J connectivity index is 1.58. The molecule has 3 heteroatoms. The van der Waals surface area contributed by atoms with Crippen molar-refractivity contribution < 1.29 is 14.6 Å². The molecule has 4 fully saturated rings. The highest BCUT2D eigenvalue weighted by atomic mass is 16.7. The monoisotopic (exact) mass is 402 g/mol. The van der Waals surface area contributed by atoms with Gasteiger partial charge in [-0.25, -0.2) is 0 Å². The van der Waals surface area contributed by atoms with Gasteiger partial charge in [-0.05, 0) is 78.1 Å². The lowest BCUT2D eigenvalue weighted by Crippen LogP contribution is -2.66. The molecule has 0 aromatic carbocycles. The molecule has 3 saturated carbocycles. The lowest BCUT2D eigenvalue weighted by Gasteiger charge is -2.70. The molecular weight excluding hydrogens is 360 g/mol. The molecular formula is C26H42O3. The summed E-state index contributed by atoms with van der Waals surface area (Å²) in [5.74, 6) is 2.10. The minimum absolute atomic E-state index is 0.153. The van der Waals surface area contributed by atoms with Crippen LogP contribution in [0.4, 0.5) is 0 Å². The second-order valence-corrected chi connectivity index (χ2v) is 12.6. The topological polar surface area (TPSA) is 38.7 Å². The Morgan fingerprint density at radius 1 is 1.00 bits per heavy atom. The maximum absolute atomic E-state index is 11.8. The molecule has 9 atom stereocenters. The third kappa shape index (κ3) is 2.47. The van der Waals surface area contributed by atoms with E-state index < -0.39 is 0 Å². The van der Waals surface area contributed by atoms with Crippen molar-refractivity contribution in [2.24, 2.45) is 45.3 Å². The quantitative estimate of drug-likeness (QED) is 0.583. The summed E-state index contributed by atoms with van der Waals surface area (Å²) in [6.45, 7) is 13.2. The molecule has 1 saturated heterocycles. The van der Waals surface area contributed by atoms with Gasteiger partial charge >= 0.3 is 0 Å². The average Bonchev–Trinajstić information content (AvgIpc) is 3.08. The van der Waals surface area contributed by atoms with Crippen LogP contribution in [0.2, 0.25) is 0 Å². The Bertz CT molecular complexity index is 713.